The zero-order valence-electron chi connectivity index (χ0n) is 32.8. The van der Waals surface area contributed by atoms with Gasteiger partial charge in [0.1, 0.15) is 0 Å². The molecule has 10 heteroatoms. The second kappa shape index (κ2) is 13.4. The zero-order chi connectivity index (χ0) is 40.7. The lowest BCUT2D eigenvalue weighted by molar-refractivity contribution is 0.474. The second-order valence-corrected chi connectivity index (χ2v) is 15.0. The molecule has 13 rings (SSSR count). The molecule has 4 aliphatic heterocycles. The van der Waals surface area contributed by atoms with E-state index in [9.17, 15) is 0 Å². The number of hydrogen-bond acceptors (Lipinski definition) is 10. The molecule has 0 radical (unpaired) electrons. The summed E-state index contributed by atoms with van der Waals surface area (Å²) in [6, 6.07) is 64.3. The Morgan fingerprint density at radius 2 is 0.355 bits per heavy atom. The van der Waals surface area contributed by atoms with Crippen molar-refractivity contribution in [3.63, 3.8) is 0 Å². The summed E-state index contributed by atoms with van der Waals surface area (Å²) >= 11 is 0. The molecule has 294 valence electrons. The molecule has 0 amide bonds. The summed E-state index contributed by atoms with van der Waals surface area (Å²) in [4.78, 5) is 20.6. The molecule has 0 saturated carbocycles. The van der Waals surface area contributed by atoms with Gasteiger partial charge in [-0.1, -0.05) is 97.1 Å². The van der Waals surface area contributed by atoms with Crippen LogP contribution in [0.5, 0.6) is 46.0 Å². The number of para-hydroxylation sites is 16. The first-order chi connectivity index (χ1) is 30.8. The lowest BCUT2D eigenvalue weighted by Crippen LogP contribution is -2.28. The molecule has 4 aliphatic rings. The summed E-state index contributed by atoms with van der Waals surface area (Å²) < 4.78 is 26.4. The first-order valence-electron chi connectivity index (χ1n) is 20.3. The Bertz CT molecular complexity index is 2670. The molecule has 9 aromatic rings. The molecule has 0 N–H and O–H groups in total. The fourth-order valence-corrected chi connectivity index (χ4v) is 8.73. The highest BCUT2D eigenvalue weighted by atomic mass is 16.5. The van der Waals surface area contributed by atoms with Gasteiger partial charge < -0.3 is 18.9 Å². The summed E-state index contributed by atoms with van der Waals surface area (Å²) in [7, 11) is 0. The number of ether oxygens (including phenoxy) is 4. The van der Waals surface area contributed by atoms with E-state index in [0.29, 0.717) is 69.3 Å². The van der Waals surface area contributed by atoms with Crippen LogP contribution < -0.4 is 38.5 Å². The molecule has 10 nitrogen and oxygen atoms in total. The number of rotatable bonds is 4. The van der Waals surface area contributed by atoms with Crippen molar-refractivity contribution in [1.29, 1.82) is 0 Å². The number of hydrogen-bond donors (Lipinski definition) is 0. The van der Waals surface area contributed by atoms with Gasteiger partial charge in [0.25, 0.3) is 0 Å². The minimum Gasteiger partial charge on any atom is -0.453 e. The highest BCUT2D eigenvalue weighted by Crippen LogP contribution is 2.61. The van der Waals surface area contributed by atoms with Crippen molar-refractivity contribution in [3.8, 4) is 46.0 Å². The topological polar surface area (TPSA) is 75.7 Å². The van der Waals surface area contributed by atoms with E-state index in [0.717, 1.165) is 45.5 Å². The van der Waals surface area contributed by atoms with Crippen molar-refractivity contribution < 1.29 is 18.9 Å². The van der Waals surface area contributed by atoms with Crippen LogP contribution in [0.1, 0.15) is 0 Å². The molecule has 5 heterocycles. The van der Waals surface area contributed by atoms with Crippen molar-refractivity contribution >= 4 is 68.8 Å². The zero-order valence-corrected chi connectivity index (χ0v) is 32.8. The predicted molar refractivity (Wildman–Crippen MR) is 241 cm³/mol. The summed E-state index contributed by atoms with van der Waals surface area (Å²) in [5.41, 5.74) is 6.45. The number of anilines is 12. The summed E-state index contributed by atoms with van der Waals surface area (Å²) in [6.07, 6.45) is 0. The minimum absolute atomic E-state index is 0.551. The average Bonchev–Trinajstić information content (AvgIpc) is 3.33. The van der Waals surface area contributed by atoms with Crippen LogP contribution in [0.4, 0.5) is 68.8 Å². The monoisotopic (exact) mass is 804 g/mol. The van der Waals surface area contributed by atoms with E-state index in [1.807, 2.05) is 146 Å². The van der Waals surface area contributed by atoms with Gasteiger partial charge in [-0.3, -0.25) is 19.6 Å². The molecule has 0 atom stereocenters. The Labute approximate surface area is 356 Å². The fraction of sp³-hybridized carbons (Fsp3) is 0. The van der Waals surface area contributed by atoms with Crippen molar-refractivity contribution in [2.75, 3.05) is 19.6 Å². The minimum atomic E-state index is 0.551. The Morgan fingerprint density at radius 1 is 0.210 bits per heavy atom. The van der Waals surface area contributed by atoms with E-state index in [-0.39, 0.29) is 0 Å². The second-order valence-electron chi connectivity index (χ2n) is 15.0. The summed E-state index contributed by atoms with van der Waals surface area (Å²) in [5, 5.41) is 0. The molecule has 0 spiro atoms. The number of fused-ring (bicyclic) bond motifs is 8. The lowest BCUT2D eigenvalue weighted by Gasteiger charge is -2.40. The van der Waals surface area contributed by atoms with Gasteiger partial charge in [-0.2, -0.15) is 0 Å². The van der Waals surface area contributed by atoms with Gasteiger partial charge in [-0.25, -0.2) is 9.97 Å². The Kier molecular flexibility index (Phi) is 7.37. The Hall–Kier alpha value is -8.76. The molecular weight excluding hydrogens is 773 g/mol. The maximum absolute atomic E-state index is 6.59. The van der Waals surface area contributed by atoms with Gasteiger partial charge in [0.05, 0.1) is 45.5 Å². The molecule has 62 heavy (non-hydrogen) atoms. The van der Waals surface area contributed by atoms with E-state index in [4.69, 9.17) is 28.9 Å². The highest BCUT2D eigenvalue weighted by Gasteiger charge is 2.40. The Morgan fingerprint density at radius 3 is 0.516 bits per heavy atom. The number of nitrogens with zero attached hydrogens (tertiary/aromatic N) is 6. The van der Waals surface area contributed by atoms with E-state index in [2.05, 4.69) is 68.1 Å². The molecule has 0 saturated heterocycles. The number of benzene rings is 8. The van der Waals surface area contributed by atoms with Gasteiger partial charge in [-0.15, -0.1) is 0 Å². The van der Waals surface area contributed by atoms with Crippen LogP contribution in [0, 0.1) is 0 Å². The third-order valence-corrected chi connectivity index (χ3v) is 11.4. The van der Waals surface area contributed by atoms with Gasteiger partial charge in [0.2, 0.25) is 0 Å². The summed E-state index contributed by atoms with van der Waals surface area (Å²) in [5.74, 6) is 7.69. The normalized spacial score (nSPS) is 13.5. The third kappa shape index (κ3) is 5.10. The van der Waals surface area contributed by atoms with E-state index < -0.39 is 0 Å². The Balaban J connectivity index is 1.21. The van der Waals surface area contributed by atoms with Gasteiger partial charge >= 0.3 is 0 Å². The number of aromatic nitrogens is 2. The lowest BCUT2D eigenvalue weighted by atomic mass is 10.1. The average molecular weight is 805 g/mol. The molecule has 8 aromatic carbocycles. The summed E-state index contributed by atoms with van der Waals surface area (Å²) in [6.45, 7) is 0. The van der Waals surface area contributed by atoms with Gasteiger partial charge in [0.15, 0.2) is 69.3 Å². The maximum atomic E-state index is 6.59. The van der Waals surface area contributed by atoms with Crippen molar-refractivity contribution in [2.45, 2.75) is 0 Å². The van der Waals surface area contributed by atoms with Crippen LogP contribution in [0.2, 0.25) is 0 Å². The molecular formula is C52H32N6O4. The third-order valence-electron chi connectivity index (χ3n) is 11.4. The molecule has 0 unspecified atom stereocenters. The van der Waals surface area contributed by atoms with Crippen LogP contribution in [0.3, 0.4) is 0 Å². The van der Waals surface area contributed by atoms with Crippen LogP contribution in [-0.4, -0.2) is 9.97 Å². The smallest absolute Gasteiger partial charge is 0.184 e. The van der Waals surface area contributed by atoms with Crippen molar-refractivity contribution in [1.82, 2.24) is 9.97 Å². The van der Waals surface area contributed by atoms with Crippen LogP contribution in [0.15, 0.2) is 194 Å². The van der Waals surface area contributed by atoms with Crippen LogP contribution in [-0.2, 0) is 0 Å². The van der Waals surface area contributed by atoms with E-state index >= 15 is 0 Å². The highest BCUT2D eigenvalue weighted by molar-refractivity contribution is 6.00. The fourth-order valence-electron chi connectivity index (χ4n) is 8.73. The first-order valence-corrected chi connectivity index (χ1v) is 20.3. The maximum Gasteiger partial charge on any atom is 0.184 e. The van der Waals surface area contributed by atoms with Crippen molar-refractivity contribution in [2.24, 2.45) is 0 Å². The van der Waals surface area contributed by atoms with Crippen LogP contribution in [0.25, 0.3) is 0 Å². The molecule has 1 aromatic heterocycles. The van der Waals surface area contributed by atoms with Gasteiger partial charge in [0, 0.05) is 0 Å². The molecule has 0 bridgehead atoms. The SMILES string of the molecule is c1ccc2c(c1)Oc1ccccc1N2c1nc(N2c3ccccc3Oc3ccccc32)c(N2c3ccccc3Oc3ccccc32)nc1N1c2ccccc2Oc2ccccc21. The van der Waals surface area contributed by atoms with Crippen LogP contribution >= 0.6 is 0 Å². The van der Waals surface area contributed by atoms with E-state index in [1.165, 1.54) is 0 Å². The van der Waals surface area contributed by atoms with Crippen molar-refractivity contribution in [3.05, 3.63) is 194 Å². The quantitative estimate of drug-likeness (QED) is 0.172. The molecule has 0 aliphatic carbocycles. The molecule has 0 fully saturated rings. The standard InChI is InChI=1S/C52H32N6O4/c1-9-25-41-33(17-1)55(34-18-2-10-26-42(34)59-41)49-50(56-35-19-3-11-27-43(35)60-44-28-12-4-20-36(44)56)54-52(58-39-23-7-15-31-47(39)62-48-32-16-8-24-40(48)58)51(53-49)57-37-21-5-13-29-45(37)61-46-30-14-6-22-38(46)57/h1-32H. The van der Waals surface area contributed by atoms with Gasteiger partial charge in [-0.05, 0) is 97.1 Å². The predicted octanol–water partition coefficient (Wildman–Crippen LogP) is 14.8. The largest absolute Gasteiger partial charge is 0.453 e. The van der Waals surface area contributed by atoms with E-state index in [1.54, 1.807) is 0 Å². The first kappa shape index (κ1) is 34.1.